The topological polar surface area (TPSA) is 146 Å². The van der Waals surface area contributed by atoms with Gasteiger partial charge in [-0.2, -0.15) is 0 Å². The third kappa shape index (κ3) is 3.36. The Morgan fingerprint density at radius 3 is 2.46 bits per heavy atom. The standard InChI is InChI=1S/C16H12N2O7S/c19-12-6-5-10(8-11(12)16(21)22)26(23,24)18-17-15(20)14-7-9-3-1-2-4-13(9)25-14/h1-8,18-19H,(H,17,20)(H,21,22). The van der Waals surface area contributed by atoms with Crippen molar-refractivity contribution in [1.82, 2.24) is 10.3 Å². The Bertz CT molecular complexity index is 1090. The molecule has 26 heavy (non-hydrogen) atoms. The lowest BCUT2D eigenvalue weighted by atomic mass is 10.2. The molecular weight excluding hydrogens is 364 g/mol. The average molecular weight is 376 g/mol. The Balaban J connectivity index is 1.78. The highest BCUT2D eigenvalue weighted by Gasteiger charge is 2.20. The molecule has 10 heteroatoms. The van der Waals surface area contributed by atoms with Gasteiger partial charge in [-0.3, -0.25) is 10.2 Å². The number of furan rings is 1. The van der Waals surface area contributed by atoms with Crippen molar-refractivity contribution in [3.8, 4) is 5.75 Å². The van der Waals surface area contributed by atoms with Gasteiger partial charge in [-0.15, -0.1) is 4.83 Å². The molecule has 134 valence electrons. The summed E-state index contributed by atoms with van der Waals surface area (Å²) in [5.74, 6) is -3.01. The van der Waals surface area contributed by atoms with Crippen LogP contribution in [0.4, 0.5) is 0 Å². The molecule has 4 N–H and O–H groups in total. The Kier molecular flexibility index (Phi) is 4.36. The van der Waals surface area contributed by atoms with Gasteiger partial charge in [0.05, 0.1) is 4.90 Å². The van der Waals surface area contributed by atoms with Crippen LogP contribution >= 0.6 is 0 Å². The summed E-state index contributed by atoms with van der Waals surface area (Å²) in [7, 11) is -4.26. The summed E-state index contributed by atoms with van der Waals surface area (Å²) < 4.78 is 29.7. The highest BCUT2D eigenvalue weighted by molar-refractivity contribution is 7.89. The molecule has 1 heterocycles. The first kappa shape index (κ1) is 17.5. The van der Waals surface area contributed by atoms with Crippen LogP contribution < -0.4 is 10.3 Å². The molecule has 1 amide bonds. The minimum atomic E-state index is -4.26. The monoisotopic (exact) mass is 376 g/mol. The second-order valence-electron chi connectivity index (χ2n) is 5.19. The van der Waals surface area contributed by atoms with Gasteiger partial charge < -0.3 is 14.6 Å². The molecule has 0 bridgehead atoms. The van der Waals surface area contributed by atoms with E-state index in [-0.39, 0.29) is 5.76 Å². The lowest BCUT2D eigenvalue weighted by Gasteiger charge is -2.08. The Labute approximate surface area is 146 Å². The van der Waals surface area contributed by atoms with E-state index in [0.29, 0.717) is 11.0 Å². The van der Waals surface area contributed by atoms with Gasteiger partial charge in [0.25, 0.3) is 10.0 Å². The molecule has 0 saturated heterocycles. The normalized spacial score (nSPS) is 11.4. The number of hydrogen-bond acceptors (Lipinski definition) is 6. The number of aromatic hydroxyl groups is 1. The lowest BCUT2D eigenvalue weighted by Crippen LogP contribution is -2.41. The molecule has 0 aliphatic carbocycles. The van der Waals surface area contributed by atoms with Gasteiger partial charge in [0.2, 0.25) is 0 Å². The number of sulfonamides is 1. The fourth-order valence-corrected chi connectivity index (χ4v) is 3.05. The Morgan fingerprint density at radius 1 is 1.04 bits per heavy atom. The molecule has 0 atom stereocenters. The molecule has 3 rings (SSSR count). The third-order valence-electron chi connectivity index (χ3n) is 3.46. The Hall–Kier alpha value is -3.37. The molecule has 0 fully saturated rings. The fourth-order valence-electron chi connectivity index (χ4n) is 2.18. The van der Waals surface area contributed by atoms with Crippen molar-refractivity contribution >= 4 is 32.9 Å². The third-order valence-corrected chi connectivity index (χ3v) is 4.70. The number of carbonyl (C=O) groups excluding carboxylic acids is 1. The highest BCUT2D eigenvalue weighted by atomic mass is 32.2. The van der Waals surface area contributed by atoms with Crippen molar-refractivity contribution in [3.63, 3.8) is 0 Å². The van der Waals surface area contributed by atoms with E-state index in [1.54, 1.807) is 24.3 Å². The van der Waals surface area contributed by atoms with Crippen molar-refractivity contribution in [2.45, 2.75) is 4.90 Å². The molecule has 2 aromatic carbocycles. The van der Waals surface area contributed by atoms with E-state index in [1.807, 2.05) is 10.3 Å². The fraction of sp³-hybridized carbons (Fsp3) is 0. The number of para-hydroxylation sites is 1. The van der Waals surface area contributed by atoms with Gasteiger partial charge in [-0.25, -0.2) is 13.2 Å². The van der Waals surface area contributed by atoms with Crippen molar-refractivity contribution in [2.24, 2.45) is 0 Å². The lowest BCUT2D eigenvalue weighted by molar-refractivity contribution is 0.0693. The number of amides is 1. The average Bonchev–Trinajstić information content (AvgIpc) is 3.04. The number of hydrogen-bond donors (Lipinski definition) is 4. The van der Waals surface area contributed by atoms with Gasteiger partial charge in [0, 0.05) is 5.39 Å². The minimum absolute atomic E-state index is 0.106. The number of carboxylic acids is 1. The maximum Gasteiger partial charge on any atom is 0.339 e. The predicted octanol–water partition coefficient (Wildman–Crippen LogP) is 1.46. The van der Waals surface area contributed by atoms with Gasteiger partial charge in [-0.1, -0.05) is 18.2 Å². The summed E-state index contributed by atoms with van der Waals surface area (Å²) in [5, 5.41) is 19.0. The van der Waals surface area contributed by atoms with Crippen LogP contribution in [-0.2, 0) is 10.0 Å². The number of carboxylic acid groups (broad SMARTS) is 1. The van der Waals surface area contributed by atoms with Crippen LogP contribution in [0.3, 0.4) is 0 Å². The van der Waals surface area contributed by atoms with Crippen LogP contribution in [0.5, 0.6) is 5.75 Å². The van der Waals surface area contributed by atoms with Crippen LogP contribution in [-0.4, -0.2) is 30.5 Å². The van der Waals surface area contributed by atoms with E-state index >= 15 is 0 Å². The molecule has 3 aromatic rings. The van der Waals surface area contributed by atoms with E-state index in [0.717, 1.165) is 18.2 Å². The first-order chi connectivity index (χ1) is 12.3. The number of rotatable bonds is 5. The maximum absolute atomic E-state index is 12.2. The predicted molar refractivity (Wildman–Crippen MR) is 89.1 cm³/mol. The number of aromatic carboxylic acids is 1. The number of hydrazine groups is 1. The summed E-state index contributed by atoms with van der Waals surface area (Å²) in [5.41, 5.74) is 1.86. The van der Waals surface area contributed by atoms with E-state index in [1.165, 1.54) is 6.07 Å². The summed E-state index contributed by atoms with van der Waals surface area (Å²) >= 11 is 0. The summed E-state index contributed by atoms with van der Waals surface area (Å²) in [6.45, 7) is 0. The van der Waals surface area contributed by atoms with Gasteiger partial charge in [0.1, 0.15) is 16.9 Å². The maximum atomic E-state index is 12.2. The smallest absolute Gasteiger partial charge is 0.339 e. The van der Waals surface area contributed by atoms with Gasteiger partial charge in [-0.05, 0) is 30.3 Å². The van der Waals surface area contributed by atoms with Crippen molar-refractivity contribution < 1.29 is 32.6 Å². The largest absolute Gasteiger partial charge is 0.507 e. The zero-order valence-corrected chi connectivity index (χ0v) is 13.8. The summed E-state index contributed by atoms with van der Waals surface area (Å²) in [6.07, 6.45) is 0. The zero-order chi connectivity index (χ0) is 18.9. The first-order valence-electron chi connectivity index (χ1n) is 7.15. The molecule has 0 unspecified atom stereocenters. The van der Waals surface area contributed by atoms with E-state index in [4.69, 9.17) is 9.52 Å². The number of carbonyl (C=O) groups is 2. The zero-order valence-electron chi connectivity index (χ0n) is 13.0. The highest BCUT2D eigenvalue weighted by Crippen LogP contribution is 2.21. The molecule has 0 spiro atoms. The molecule has 9 nitrogen and oxygen atoms in total. The van der Waals surface area contributed by atoms with Crippen molar-refractivity contribution in [3.05, 3.63) is 59.9 Å². The van der Waals surface area contributed by atoms with Crippen LogP contribution in [0, 0.1) is 0 Å². The van der Waals surface area contributed by atoms with E-state index < -0.39 is 38.1 Å². The number of phenols is 1. The van der Waals surface area contributed by atoms with E-state index in [2.05, 4.69) is 0 Å². The molecule has 0 radical (unpaired) electrons. The number of benzene rings is 2. The minimum Gasteiger partial charge on any atom is -0.507 e. The van der Waals surface area contributed by atoms with Crippen LogP contribution in [0.1, 0.15) is 20.9 Å². The first-order valence-corrected chi connectivity index (χ1v) is 8.63. The van der Waals surface area contributed by atoms with Crippen molar-refractivity contribution in [2.75, 3.05) is 0 Å². The number of nitrogens with one attached hydrogen (secondary N) is 2. The second-order valence-corrected chi connectivity index (χ2v) is 6.87. The second kappa shape index (κ2) is 6.50. The van der Waals surface area contributed by atoms with Gasteiger partial charge in [0.15, 0.2) is 5.76 Å². The van der Waals surface area contributed by atoms with Crippen LogP contribution in [0.15, 0.2) is 57.8 Å². The number of fused-ring (bicyclic) bond motifs is 1. The van der Waals surface area contributed by atoms with E-state index in [9.17, 15) is 23.1 Å². The molecular formula is C16H12N2O7S. The van der Waals surface area contributed by atoms with Gasteiger partial charge >= 0.3 is 11.9 Å². The SMILES string of the molecule is O=C(NNS(=O)(=O)c1ccc(O)c(C(=O)O)c1)c1cc2ccccc2o1. The van der Waals surface area contributed by atoms with Crippen molar-refractivity contribution in [1.29, 1.82) is 0 Å². The molecule has 1 aromatic heterocycles. The summed E-state index contributed by atoms with van der Waals surface area (Å²) in [4.78, 5) is 24.4. The summed E-state index contributed by atoms with van der Waals surface area (Å²) in [6, 6.07) is 11.0. The van der Waals surface area contributed by atoms with Crippen LogP contribution in [0.2, 0.25) is 0 Å². The molecule has 0 saturated carbocycles. The van der Waals surface area contributed by atoms with Crippen LogP contribution in [0.25, 0.3) is 11.0 Å². The molecule has 0 aliphatic heterocycles. The quantitative estimate of drug-likeness (QED) is 0.493. The Morgan fingerprint density at radius 2 is 1.77 bits per heavy atom. The molecule has 0 aliphatic rings.